The Balaban J connectivity index is 3.00. The summed E-state index contributed by atoms with van der Waals surface area (Å²) < 4.78 is 41.6. The first-order valence-corrected chi connectivity index (χ1v) is 7.12. The van der Waals surface area contributed by atoms with E-state index in [2.05, 4.69) is 11.4 Å². The first-order valence-electron chi connectivity index (χ1n) is 7.12. The lowest BCUT2D eigenvalue weighted by atomic mass is 9.90. The molecule has 1 N–H and O–H groups in total. The summed E-state index contributed by atoms with van der Waals surface area (Å²) in [5.41, 5.74) is 5.56. The number of benzene rings is 1. The van der Waals surface area contributed by atoms with Gasteiger partial charge >= 0.3 is 6.18 Å². The molecule has 0 amide bonds. The third kappa shape index (κ3) is 5.00. The Labute approximate surface area is 124 Å². The van der Waals surface area contributed by atoms with E-state index in [9.17, 15) is 13.2 Å². The van der Waals surface area contributed by atoms with Gasteiger partial charge in [-0.15, -0.1) is 0 Å². The zero-order valence-corrected chi connectivity index (χ0v) is 13.3. The summed E-state index contributed by atoms with van der Waals surface area (Å²) in [5.74, 6) is 0. The molecule has 0 aromatic heterocycles. The van der Waals surface area contributed by atoms with Crippen LogP contribution in [-0.4, -0.2) is 25.9 Å². The largest absolute Gasteiger partial charge is 0.411 e. The van der Waals surface area contributed by atoms with Gasteiger partial charge in [0.1, 0.15) is 6.61 Å². The molecule has 1 unspecified atom stereocenters. The maximum Gasteiger partial charge on any atom is 0.411 e. The molecule has 0 saturated carbocycles. The highest BCUT2D eigenvalue weighted by Gasteiger charge is 2.28. The Morgan fingerprint density at radius 3 is 2.05 bits per heavy atom. The monoisotopic (exact) mass is 303 g/mol. The normalized spacial score (nSPS) is 13.5. The third-order valence-corrected chi connectivity index (χ3v) is 3.77. The molecule has 0 radical (unpaired) electrons. The van der Waals surface area contributed by atoms with Crippen molar-refractivity contribution in [1.82, 2.24) is 5.32 Å². The fourth-order valence-corrected chi connectivity index (χ4v) is 2.55. The van der Waals surface area contributed by atoms with Crippen molar-refractivity contribution < 1.29 is 17.9 Å². The second kappa shape index (κ2) is 7.27. The molecular weight excluding hydrogens is 279 g/mol. The number of hydrogen-bond donors (Lipinski definition) is 1. The zero-order chi connectivity index (χ0) is 16.2. The molecule has 0 heterocycles. The van der Waals surface area contributed by atoms with Crippen molar-refractivity contribution in [2.45, 2.75) is 46.8 Å². The summed E-state index contributed by atoms with van der Waals surface area (Å²) in [6, 6.07) is 1.88. The minimum Gasteiger partial charge on any atom is -0.370 e. The van der Waals surface area contributed by atoms with Crippen molar-refractivity contribution >= 4 is 0 Å². The summed E-state index contributed by atoms with van der Waals surface area (Å²) in [6.45, 7) is 9.46. The van der Waals surface area contributed by atoms with Gasteiger partial charge in [-0.1, -0.05) is 13.0 Å². The molecular formula is C16H24F3NO. The van der Waals surface area contributed by atoms with Gasteiger partial charge < -0.3 is 10.1 Å². The van der Waals surface area contributed by atoms with E-state index in [1.54, 1.807) is 0 Å². The molecule has 0 bridgehead atoms. The Kier molecular flexibility index (Phi) is 6.23. The molecule has 1 aromatic rings. The molecule has 0 aliphatic carbocycles. The predicted molar refractivity (Wildman–Crippen MR) is 78.7 cm³/mol. The highest BCUT2D eigenvalue weighted by atomic mass is 19.4. The van der Waals surface area contributed by atoms with E-state index in [-0.39, 0.29) is 12.6 Å². The number of nitrogens with one attached hydrogen (secondary N) is 1. The number of halogens is 3. The van der Waals surface area contributed by atoms with Gasteiger partial charge in [0, 0.05) is 0 Å². The smallest absolute Gasteiger partial charge is 0.370 e. The van der Waals surface area contributed by atoms with Crippen LogP contribution in [0.3, 0.4) is 0 Å². The Bertz CT molecular complexity index is 457. The van der Waals surface area contributed by atoms with E-state index in [1.165, 1.54) is 0 Å². The summed E-state index contributed by atoms with van der Waals surface area (Å²) in [5, 5.41) is 3.23. The van der Waals surface area contributed by atoms with Crippen molar-refractivity contribution in [2.24, 2.45) is 0 Å². The van der Waals surface area contributed by atoms with Gasteiger partial charge in [-0.2, -0.15) is 13.2 Å². The van der Waals surface area contributed by atoms with Crippen LogP contribution in [0.25, 0.3) is 0 Å². The second-order valence-electron chi connectivity index (χ2n) is 5.41. The van der Waals surface area contributed by atoms with Crippen LogP contribution in [0.4, 0.5) is 13.2 Å². The second-order valence-corrected chi connectivity index (χ2v) is 5.41. The molecule has 1 rings (SSSR count). The molecule has 120 valence electrons. The average molecular weight is 303 g/mol. The molecule has 0 aliphatic heterocycles. The van der Waals surface area contributed by atoms with Crippen LogP contribution < -0.4 is 5.32 Å². The van der Waals surface area contributed by atoms with Crippen molar-refractivity contribution in [2.75, 3.05) is 19.8 Å². The highest BCUT2D eigenvalue weighted by molar-refractivity contribution is 5.45. The van der Waals surface area contributed by atoms with Crippen LogP contribution in [0.2, 0.25) is 0 Å². The van der Waals surface area contributed by atoms with E-state index in [0.717, 1.165) is 27.8 Å². The number of likely N-dealkylation sites (N-methyl/N-ethyl adjacent to an activating group) is 1. The minimum atomic E-state index is -4.29. The Morgan fingerprint density at radius 2 is 1.62 bits per heavy atom. The van der Waals surface area contributed by atoms with E-state index in [1.807, 2.05) is 34.6 Å². The first-order chi connectivity index (χ1) is 9.67. The van der Waals surface area contributed by atoms with Crippen molar-refractivity contribution in [3.05, 3.63) is 33.9 Å². The van der Waals surface area contributed by atoms with E-state index in [0.29, 0.717) is 6.54 Å². The van der Waals surface area contributed by atoms with Gasteiger partial charge in [0.2, 0.25) is 0 Å². The fraction of sp³-hybridized carbons (Fsp3) is 0.625. The van der Waals surface area contributed by atoms with Crippen LogP contribution >= 0.6 is 0 Å². The van der Waals surface area contributed by atoms with Gasteiger partial charge in [0.05, 0.1) is 12.6 Å². The van der Waals surface area contributed by atoms with Crippen molar-refractivity contribution in [1.29, 1.82) is 0 Å². The molecule has 2 nitrogen and oxygen atoms in total. The highest BCUT2D eigenvalue weighted by Crippen LogP contribution is 2.28. The fourth-order valence-electron chi connectivity index (χ4n) is 2.55. The summed E-state index contributed by atoms with van der Waals surface area (Å²) in [6.07, 6.45) is -4.29. The molecule has 5 heteroatoms. The lowest BCUT2D eigenvalue weighted by molar-refractivity contribution is -0.175. The molecule has 0 saturated heterocycles. The van der Waals surface area contributed by atoms with Gasteiger partial charge in [-0.25, -0.2) is 0 Å². The number of aryl methyl sites for hydroxylation is 2. The van der Waals surface area contributed by atoms with Crippen molar-refractivity contribution in [3.63, 3.8) is 0 Å². The number of rotatable bonds is 6. The van der Waals surface area contributed by atoms with Crippen LogP contribution in [0, 0.1) is 27.7 Å². The van der Waals surface area contributed by atoms with E-state index in [4.69, 9.17) is 4.74 Å². The molecule has 0 fully saturated rings. The third-order valence-electron chi connectivity index (χ3n) is 3.77. The number of ether oxygens (including phenoxy) is 1. The van der Waals surface area contributed by atoms with E-state index >= 15 is 0 Å². The number of alkyl halides is 3. The quantitative estimate of drug-likeness (QED) is 0.852. The standard InChI is InChI=1S/C16H24F3NO/c1-6-20-14(8-21-9-16(17,18)19)15-12(4)10(2)7-11(3)13(15)5/h7,14,20H,6,8-9H2,1-5H3. The van der Waals surface area contributed by atoms with Crippen LogP contribution in [0.1, 0.15) is 40.8 Å². The lowest BCUT2D eigenvalue weighted by Crippen LogP contribution is -2.29. The SMILES string of the molecule is CCNC(COCC(F)(F)F)c1c(C)c(C)cc(C)c1C. The van der Waals surface area contributed by atoms with E-state index < -0.39 is 12.8 Å². The maximum absolute atomic E-state index is 12.2. The lowest BCUT2D eigenvalue weighted by Gasteiger charge is -2.25. The molecule has 1 aromatic carbocycles. The summed E-state index contributed by atoms with van der Waals surface area (Å²) in [7, 11) is 0. The molecule has 21 heavy (non-hydrogen) atoms. The maximum atomic E-state index is 12.2. The van der Waals surface area contributed by atoms with Crippen LogP contribution in [-0.2, 0) is 4.74 Å². The van der Waals surface area contributed by atoms with Crippen LogP contribution in [0.15, 0.2) is 6.07 Å². The zero-order valence-electron chi connectivity index (χ0n) is 13.3. The topological polar surface area (TPSA) is 21.3 Å². The average Bonchev–Trinajstić information content (AvgIpc) is 2.35. The van der Waals surface area contributed by atoms with Gasteiger partial charge in [-0.05, 0) is 62.1 Å². The summed E-state index contributed by atoms with van der Waals surface area (Å²) >= 11 is 0. The van der Waals surface area contributed by atoms with Gasteiger partial charge in [-0.3, -0.25) is 0 Å². The minimum absolute atomic E-state index is 0.0118. The summed E-state index contributed by atoms with van der Waals surface area (Å²) in [4.78, 5) is 0. The van der Waals surface area contributed by atoms with Gasteiger partial charge in [0.25, 0.3) is 0 Å². The van der Waals surface area contributed by atoms with Crippen molar-refractivity contribution in [3.8, 4) is 0 Å². The first kappa shape index (κ1) is 18.0. The molecule has 0 aliphatic rings. The molecule has 0 spiro atoms. The predicted octanol–water partition coefficient (Wildman–Crippen LogP) is 4.15. The number of hydrogen-bond acceptors (Lipinski definition) is 2. The molecule has 1 atom stereocenters. The Morgan fingerprint density at radius 1 is 1.10 bits per heavy atom. The van der Waals surface area contributed by atoms with Crippen LogP contribution in [0.5, 0.6) is 0 Å². The Hall–Kier alpha value is -1.07. The van der Waals surface area contributed by atoms with Gasteiger partial charge in [0.15, 0.2) is 0 Å².